The van der Waals surface area contributed by atoms with Crippen LogP contribution < -0.4 is 9.13 Å². The monoisotopic (exact) mass is 288 g/mol. The Labute approximate surface area is 126 Å². The predicted molar refractivity (Wildman–Crippen MR) is 82.0 cm³/mol. The van der Waals surface area contributed by atoms with Gasteiger partial charge in [-0.25, -0.2) is 9.13 Å². The van der Waals surface area contributed by atoms with E-state index in [4.69, 9.17) is 0 Å². The number of hydrogen-bond acceptors (Lipinski definition) is 0. The van der Waals surface area contributed by atoms with Crippen molar-refractivity contribution >= 4 is 0 Å². The highest BCUT2D eigenvalue weighted by molar-refractivity contribution is 5.61. The van der Waals surface area contributed by atoms with Crippen LogP contribution in [0.1, 0.15) is 39.5 Å². The fourth-order valence-corrected chi connectivity index (χ4v) is 2.35. The van der Waals surface area contributed by atoms with E-state index in [0.29, 0.717) is 5.56 Å². The van der Waals surface area contributed by atoms with Crippen molar-refractivity contribution in [3.05, 3.63) is 48.8 Å². The lowest BCUT2D eigenvalue weighted by atomic mass is 10.1. The average Bonchev–Trinajstić information content (AvgIpc) is 2.52. The molecule has 0 fully saturated rings. The summed E-state index contributed by atoms with van der Waals surface area (Å²) < 4.78 is 18.3. The standard InChI is InChI=1S/C18H25FN2/c1-3-5-10-20-12-7-16(8-13-20)17-9-14-21(11-6-4-2)15-18(17)19/h7-9,12-15H,3-6,10-11H2,1-2H3/q+2. The van der Waals surface area contributed by atoms with Crippen LogP contribution in [0.25, 0.3) is 11.1 Å². The summed E-state index contributed by atoms with van der Waals surface area (Å²) in [7, 11) is 0. The van der Waals surface area contributed by atoms with Gasteiger partial charge in [-0.2, -0.15) is 4.39 Å². The molecule has 0 saturated heterocycles. The lowest BCUT2D eigenvalue weighted by molar-refractivity contribution is -0.698. The highest BCUT2D eigenvalue weighted by Crippen LogP contribution is 2.19. The Morgan fingerprint density at radius 1 is 0.857 bits per heavy atom. The normalized spacial score (nSPS) is 10.8. The average molecular weight is 288 g/mol. The fourth-order valence-electron chi connectivity index (χ4n) is 2.35. The van der Waals surface area contributed by atoms with Gasteiger partial charge in [0.25, 0.3) is 0 Å². The van der Waals surface area contributed by atoms with Crippen molar-refractivity contribution in [2.24, 2.45) is 0 Å². The minimum absolute atomic E-state index is 0.153. The van der Waals surface area contributed by atoms with Crippen molar-refractivity contribution in [1.82, 2.24) is 0 Å². The molecule has 2 aromatic rings. The number of halogens is 1. The summed E-state index contributed by atoms with van der Waals surface area (Å²) in [6.45, 7) is 6.22. The highest BCUT2D eigenvalue weighted by Gasteiger charge is 2.12. The smallest absolute Gasteiger partial charge is 0.205 e. The molecule has 0 saturated carbocycles. The second-order valence-electron chi connectivity index (χ2n) is 5.48. The minimum Gasteiger partial charge on any atom is -0.205 e. The van der Waals surface area contributed by atoms with Crippen LogP contribution in [0.15, 0.2) is 43.0 Å². The molecule has 21 heavy (non-hydrogen) atoms. The maximum atomic E-state index is 14.2. The van der Waals surface area contributed by atoms with Gasteiger partial charge in [-0.3, -0.25) is 0 Å². The maximum absolute atomic E-state index is 14.2. The van der Waals surface area contributed by atoms with Gasteiger partial charge >= 0.3 is 0 Å². The summed E-state index contributed by atoms with van der Waals surface area (Å²) in [4.78, 5) is 0. The molecule has 2 nitrogen and oxygen atoms in total. The van der Waals surface area contributed by atoms with Gasteiger partial charge in [0.1, 0.15) is 13.1 Å². The van der Waals surface area contributed by atoms with Crippen molar-refractivity contribution in [2.45, 2.75) is 52.6 Å². The molecular formula is C18H25FN2+2. The molecule has 0 radical (unpaired) electrons. The molecule has 0 aliphatic heterocycles. The number of nitrogens with zero attached hydrogens (tertiary/aromatic N) is 2. The molecule has 0 aromatic carbocycles. The van der Waals surface area contributed by atoms with E-state index in [1.54, 1.807) is 6.20 Å². The molecule has 3 heteroatoms. The van der Waals surface area contributed by atoms with Crippen molar-refractivity contribution in [3.63, 3.8) is 0 Å². The van der Waals surface area contributed by atoms with Gasteiger partial charge in [0.05, 0.1) is 0 Å². The van der Waals surface area contributed by atoms with Gasteiger partial charge in [-0.05, 0) is 5.56 Å². The summed E-state index contributed by atoms with van der Waals surface area (Å²) in [5, 5.41) is 0. The molecular weight excluding hydrogens is 263 g/mol. The van der Waals surface area contributed by atoms with E-state index < -0.39 is 0 Å². The zero-order chi connectivity index (χ0) is 15.1. The molecule has 2 aromatic heterocycles. The summed E-state index contributed by atoms with van der Waals surface area (Å²) in [5.41, 5.74) is 1.60. The molecule has 2 heterocycles. The molecule has 2 rings (SSSR count). The Hall–Kier alpha value is -1.77. The third-order valence-corrected chi connectivity index (χ3v) is 3.71. The Bertz CT molecular complexity index is 564. The second-order valence-corrected chi connectivity index (χ2v) is 5.48. The topological polar surface area (TPSA) is 7.76 Å². The molecule has 112 valence electrons. The molecule has 0 bridgehead atoms. The fraction of sp³-hybridized carbons (Fsp3) is 0.444. The zero-order valence-corrected chi connectivity index (χ0v) is 13.1. The van der Waals surface area contributed by atoms with Crippen LogP contribution in [0.3, 0.4) is 0 Å². The maximum Gasteiger partial charge on any atom is 0.205 e. The Morgan fingerprint density at radius 3 is 2.00 bits per heavy atom. The number of hydrogen-bond donors (Lipinski definition) is 0. The molecule has 0 aliphatic rings. The van der Waals surface area contributed by atoms with E-state index in [-0.39, 0.29) is 5.82 Å². The van der Waals surface area contributed by atoms with E-state index in [1.807, 2.05) is 41.4 Å². The Morgan fingerprint density at radius 2 is 1.43 bits per heavy atom. The SMILES string of the molecule is CCCC[n+]1ccc(-c2cc[n+](CCCC)cc2F)cc1. The minimum atomic E-state index is -0.153. The van der Waals surface area contributed by atoms with Gasteiger partial charge in [0.15, 0.2) is 24.4 Å². The van der Waals surface area contributed by atoms with Gasteiger partial charge in [-0.15, -0.1) is 0 Å². The number of aryl methyl sites for hydroxylation is 2. The van der Waals surface area contributed by atoms with Gasteiger partial charge in [-0.1, -0.05) is 26.7 Å². The number of aromatic nitrogens is 2. The highest BCUT2D eigenvalue weighted by atomic mass is 19.1. The first-order valence-electron chi connectivity index (χ1n) is 7.92. The van der Waals surface area contributed by atoms with Crippen LogP contribution in [0.2, 0.25) is 0 Å². The third-order valence-electron chi connectivity index (χ3n) is 3.71. The van der Waals surface area contributed by atoms with E-state index in [0.717, 1.165) is 31.5 Å². The largest absolute Gasteiger partial charge is 0.205 e. The number of rotatable bonds is 7. The van der Waals surface area contributed by atoms with Crippen molar-refractivity contribution in [3.8, 4) is 11.1 Å². The van der Waals surface area contributed by atoms with E-state index in [1.165, 1.54) is 12.8 Å². The Balaban J connectivity index is 2.13. The van der Waals surface area contributed by atoms with Crippen molar-refractivity contribution in [2.75, 3.05) is 0 Å². The van der Waals surface area contributed by atoms with Gasteiger partial charge in [0.2, 0.25) is 6.20 Å². The number of unbranched alkanes of at least 4 members (excludes halogenated alkanes) is 2. The molecule has 0 aliphatic carbocycles. The van der Waals surface area contributed by atoms with Crippen LogP contribution in [-0.2, 0) is 13.1 Å². The molecule has 0 spiro atoms. The predicted octanol–water partition coefficient (Wildman–Crippen LogP) is 3.67. The molecule has 0 N–H and O–H groups in total. The van der Waals surface area contributed by atoms with Crippen molar-refractivity contribution in [1.29, 1.82) is 0 Å². The van der Waals surface area contributed by atoms with Crippen LogP contribution in [0.4, 0.5) is 4.39 Å². The first-order chi connectivity index (χ1) is 10.2. The first kappa shape index (κ1) is 15.6. The quantitative estimate of drug-likeness (QED) is 0.687. The lowest BCUT2D eigenvalue weighted by Crippen LogP contribution is -2.33. The second kappa shape index (κ2) is 7.87. The molecule has 0 unspecified atom stereocenters. The van der Waals surface area contributed by atoms with E-state index in [9.17, 15) is 4.39 Å². The van der Waals surface area contributed by atoms with Gasteiger partial charge < -0.3 is 0 Å². The van der Waals surface area contributed by atoms with Crippen LogP contribution in [0, 0.1) is 5.82 Å². The summed E-state index contributed by atoms with van der Waals surface area (Å²) in [5.74, 6) is -0.153. The Kier molecular flexibility index (Phi) is 5.85. The summed E-state index contributed by atoms with van der Waals surface area (Å²) >= 11 is 0. The third kappa shape index (κ3) is 4.35. The summed E-state index contributed by atoms with van der Waals surface area (Å²) in [6, 6.07) is 5.85. The number of pyridine rings is 2. The summed E-state index contributed by atoms with van der Waals surface area (Å²) in [6.07, 6.45) is 12.2. The van der Waals surface area contributed by atoms with Crippen LogP contribution in [0.5, 0.6) is 0 Å². The molecule has 0 amide bonds. The zero-order valence-electron chi connectivity index (χ0n) is 13.1. The van der Waals surface area contributed by atoms with Crippen LogP contribution in [-0.4, -0.2) is 0 Å². The van der Waals surface area contributed by atoms with Crippen LogP contribution >= 0.6 is 0 Å². The van der Waals surface area contributed by atoms with Crippen molar-refractivity contribution < 1.29 is 13.5 Å². The van der Waals surface area contributed by atoms with E-state index >= 15 is 0 Å². The van der Waals surface area contributed by atoms with E-state index in [2.05, 4.69) is 18.4 Å². The first-order valence-corrected chi connectivity index (χ1v) is 7.92. The van der Waals surface area contributed by atoms with Gasteiger partial charge in [0, 0.05) is 36.6 Å². The lowest BCUT2D eigenvalue weighted by Gasteiger charge is -2.03. The molecule has 0 atom stereocenters.